The van der Waals surface area contributed by atoms with Gasteiger partial charge in [-0.25, -0.2) is 4.79 Å². The first kappa shape index (κ1) is 29.1. The number of ether oxygens (including phenoxy) is 5. The quantitative estimate of drug-likeness (QED) is 0.184. The van der Waals surface area contributed by atoms with Crippen LogP contribution in [-0.2, 0) is 48.3 Å². The molecule has 6 nitrogen and oxygen atoms in total. The van der Waals surface area contributed by atoms with Gasteiger partial charge in [-0.2, -0.15) is 0 Å². The van der Waals surface area contributed by atoms with Gasteiger partial charge in [0.2, 0.25) is 0 Å². The number of rotatable bonds is 13. The predicted octanol–water partition coefficient (Wildman–Crippen LogP) is 6.30. The topological polar surface area (TPSA) is 63.2 Å². The van der Waals surface area contributed by atoms with Crippen molar-refractivity contribution >= 4 is 17.7 Å². The molecule has 3 aromatic rings. The van der Waals surface area contributed by atoms with Crippen molar-refractivity contribution in [1.82, 2.24) is 0 Å². The third kappa shape index (κ3) is 9.05. The first-order chi connectivity index (χ1) is 19.1. The van der Waals surface area contributed by atoms with Gasteiger partial charge in [0.25, 0.3) is 0 Å². The number of hydrogen-bond acceptors (Lipinski definition) is 7. The second kappa shape index (κ2) is 15.6. The van der Waals surface area contributed by atoms with Crippen LogP contribution >= 0.6 is 11.8 Å². The van der Waals surface area contributed by atoms with Crippen LogP contribution in [0.25, 0.3) is 0 Å². The van der Waals surface area contributed by atoms with E-state index < -0.39 is 23.6 Å². The molecular weight excluding hydrogens is 512 g/mol. The normalized spacial score (nSPS) is 23.1. The van der Waals surface area contributed by atoms with Crippen LogP contribution in [0.15, 0.2) is 102 Å². The van der Waals surface area contributed by atoms with E-state index in [-0.39, 0.29) is 12.2 Å². The molecule has 0 saturated carbocycles. The molecule has 0 spiro atoms. The highest BCUT2D eigenvalue weighted by atomic mass is 32.2. The molecule has 0 aromatic heterocycles. The summed E-state index contributed by atoms with van der Waals surface area (Å²) in [6.45, 7) is 5.32. The first-order valence-electron chi connectivity index (χ1n) is 13.2. The van der Waals surface area contributed by atoms with Crippen molar-refractivity contribution in [2.45, 2.75) is 63.5 Å². The zero-order valence-corrected chi connectivity index (χ0v) is 23.2. The van der Waals surface area contributed by atoms with Crippen LogP contribution in [0.1, 0.15) is 30.5 Å². The Morgan fingerprint density at radius 2 is 1.21 bits per heavy atom. The number of carbonyl (C=O) groups excluding carboxylic acids is 1. The highest BCUT2D eigenvalue weighted by molar-refractivity contribution is 8.02. The van der Waals surface area contributed by atoms with E-state index in [2.05, 4.69) is 0 Å². The van der Waals surface area contributed by atoms with E-state index in [1.54, 1.807) is 12.3 Å². The molecule has 7 heteroatoms. The number of benzene rings is 3. The van der Waals surface area contributed by atoms with Crippen molar-refractivity contribution < 1.29 is 28.5 Å². The molecule has 1 aliphatic heterocycles. The fourth-order valence-electron chi connectivity index (χ4n) is 4.34. The average molecular weight is 549 g/mol. The van der Waals surface area contributed by atoms with Crippen LogP contribution in [0.3, 0.4) is 0 Å². The molecule has 1 aliphatic rings. The Morgan fingerprint density at radius 3 is 1.69 bits per heavy atom. The van der Waals surface area contributed by atoms with E-state index in [0.717, 1.165) is 16.7 Å². The molecule has 0 N–H and O–H groups in total. The molecule has 3 aromatic carbocycles. The Morgan fingerprint density at radius 1 is 0.744 bits per heavy atom. The molecule has 0 aliphatic carbocycles. The van der Waals surface area contributed by atoms with Gasteiger partial charge in [-0.3, -0.25) is 0 Å². The van der Waals surface area contributed by atoms with Gasteiger partial charge in [-0.15, -0.1) is 0 Å². The highest BCUT2D eigenvalue weighted by Gasteiger charge is 2.46. The summed E-state index contributed by atoms with van der Waals surface area (Å²) in [5.41, 5.74) is 2.76. The summed E-state index contributed by atoms with van der Waals surface area (Å²) in [4.78, 5) is 11.9. The standard InChI is InChI=1S/C32H36O6S/c1-3-34-28(33)19-20-39-32-31(37-23-27-17-11-6-12-18-27)30(36-22-26-15-9-5-10-16-26)29(24(2)38-32)35-21-25-13-7-4-8-14-25/h4-20,24,29-32H,3,21-23H2,1-2H3/b20-19+/t24-,29+,30+,31-,32-/m0/s1. The van der Waals surface area contributed by atoms with Crippen molar-refractivity contribution in [3.63, 3.8) is 0 Å². The second-order valence-electron chi connectivity index (χ2n) is 9.18. The summed E-state index contributed by atoms with van der Waals surface area (Å²) in [7, 11) is 0. The predicted molar refractivity (Wildman–Crippen MR) is 153 cm³/mol. The molecule has 206 valence electrons. The van der Waals surface area contributed by atoms with Gasteiger partial charge >= 0.3 is 5.97 Å². The minimum absolute atomic E-state index is 0.278. The van der Waals surface area contributed by atoms with Gasteiger partial charge in [0, 0.05) is 6.08 Å². The van der Waals surface area contributed by atoms with Gasteiger partial charge < -0.3 is 23.7 Å². The lowest BCUT2D eigenvalue weighted by Crippen LogP contribution is -2.58. The van der Waals surface area contributed by atoms with Crippen molar-refractivity contribution in [2.75, 3.05) is 6.61 Å². The summed E-state index contributed by atoms with van der Waals surface area (Å²) in [6.07, 6.45) is -0.133. The van der Waals surface area contributed by atoms with E-state index in [4.69, 9.17) is 23.7 Å². The summed E-state index contributed by atoms with van der Waals surface area (Å²) < 4.78 is 31.0. The molecule has 0 amide bonds. The Labute approximate surface area is 235 Å². The van der Waals surface area contributed by atoms with Crippen LogP contribution in [0, 0.1) is 0 Å². The summed E-state index contributed by atoms with van der Waals surface area (Å²) in [5, 5.41) is 1.70. The van der Waals surface area contributed by atoms with Crippen molar-refractivity contribution in [2.24, 2.45) is 0 Å². The Kier molecular flexibility index (Phi) is 11.6. The zero-order chi connectivity index (χ0) is 27.3. The number of hydrogen-bond donors (Lipinski definition) is 0. The fourth-order valence-corrected chi connectivity index (χ4v) is 5.31. The monoisotopic (exact) mass is 548 g/mol. The van der Waals surface area contributed by atoms with Crippen LogP contribution < -0.4 is 0 Å². The summed E-state index contributed by atoms with van der Waals surface area (Å²) in [6, 6.07) is 30.1. The van der Waals surface area contributed by atoms with Gasteiger partial charge in [0.05, 0.1) is 32.5 Å². The minimum Gasteiger partial charge on any atom is -0.463 e. The Bertz CT molecular complexity index is 1140. The van der Waals surface area contributed by atoms with Crippen LogP contribution in [0.5, 0.6) is 0 Å². The lowest BCUT2D eigenvalue weighted by molar-refractivity contribution is -0.242. The third-order valence-corrected chi connectivity index (χ3v) is 7.23. The van der Waals surface area contributed by atoms with Crippen molar-refractivity contribution in [1.29, 1.82) is 0 Å². The lowest BCUT2D eigenvalue weighted by Gasteiger charge is -2.45. The van der Waals surface area contributed by atoms with Gasteiger partial charge in [-0.05, 0) is 35.9 Å². The molecule has 4 rings (SSSR count). The fraction of sp³-hybridized carbons (Fsp3) is 0.344. The molecule has 39 heavy (non-hydrogen) atoms. The molecule has 1 heterocycles. The third-order valence-electron chi connectivity index (χ3n) is 6.29. The lowest BCUT2D eigenvalue weighted by atomic mass is 9.99. The van der Waals surface area contributed by atoms with Crippen molar-refractivity contribution in [3.8, 4) is 0 Å². The van der Waals surface area contributed by atoms with Crippen LogP contribution in [0.4, 0.5) is 0 Å². The maximum Gasteiger partial charge on any atom is 0.331 e. The number of thioether (sulfide) groups is 1. The number of esters is 1. The molecule has 0 bridgehead atoms. The average Bonchev–Trinajstić information content (AvgIpc) is 2.97. The largest absolute Gasteiger partial charge is 0.463 e. The Hall–Kier alpha value is -2.94. The molecule has 1 fully saturated rings. The maximum absolute atomic E-state index is 11.9. The minimum atomic E-state index is -0.470. The summed E-state index contributed by atoms with van der Waals surface area (Å²) >= 11 is 1.38. The maximum atomic E-state index is 11.9. The van der Waals surface area contributed by atoms with Gasteiger partial charge in [0.15, 0.2) is 0 Å². The molecule has 0 radical (unpaired) electrons. The van der Waals surface area contributed by atoms with Crippen molar-refractivity contribution in [3.05, 3.63) is 119 Å². The highest BCUT2D eigenvalue weighted by Crippen LogP contribution is 2.35. The first-order valence-corrected chi connectivity index (χ1v) is 14.2. The molecule has 5 atom stereocenters. The zero-order valence-electron chi connectivity index (χ0n) is 22.4. The Balaban J connectivity index is 1.57. The summed E-state index contributed by atoms with van der Waals surface area (Å²) in [5.74, 6) is -0.392. The van der Waals surface area contributed by atoms with E-state index in [1.165, 1.54) is 17.8 Å². The van der Waals surface area contributed by atoms with Crippen LogP contribution in [0.2, 0.25) is 0 Å². The van der Waals surface area contributed by atoms with E-state index in [9.17, 15) is 4.79 Å². The molecule has 1 saturated heterocycles. The smallest absolute Gasteiger partial charge is 0.331 e. The van der Waals surface area contributed by atoms with E-state index in [1.807, 2.05) is 97.9 Å². The molecular formula is C32H36O6S. The molecule has 0 unspecified atom stereocenters. The number of carbonyl (C=O) groups is 1. The van der Waals surface area contributed by atoms with Crippen LogP contribution in [-0.4, -0.2) is 42.4 Å². The van der Waals surface area contributed by atoms with Gasteiger partial charge in [-0.1, -0.05) is 103 Å². The SMILES string of the molecule is CCOC(=O)/C=C/S[C@@H]1O[C@@H](C)[C@@H](OCc2ccccc2)[C@@H](OCc2ccccc2)[C@@H]1OCc1ccccc1. The second-order valence-corrected chi connectivity index (χ2v) is 10.2. The van der Waals surface area contributed by atoms with E-state index in [0.29, 0.717) is 26.4 Å². The van der Waals surface area contributed by atoms with E-state index >= 15 is 0 Å². The van der Waals surface area contributed by atoms with Gasteiger partial charge in [0.1, 0.15) is 23.7 Å².